The van der Waals surface area contributed by atoms with Crippen LogP contribution in [0.3, 0.4) is 0 Å². The van der Waals surface area contributed by atoms with Crippen LogP contribution in [0.2, 0.25) is 0 Å². The van der Waals surface area contributed by atoms with E-state index in [0.29, 0.717) is 0 Å². The van der Waals surface area contributed by atoms with Crippen LogP contribution < -0.4 is 0 Å². The van der Waals surface area contributed by atoms with Crippen molar-refractivity contribution < 1.29 is 27.4 Å². The molecule has 0 aliphatic rings. The van der Waals surface area contributed by atoms with E-state index in [9.17, 15) is 9.60 Å². The lowest BCUT2D eigenvalue weighted by molar-refractivity contribution is 0.893. The van der Waals surface area contributed by atoms with Crippen LogP contribution in [0.4, 0.5) is 0 Å². The third-order valence-electron chi connectivity index (χ3n) is 10.6. The van der Waals surface area contributed by atoms with Crippen molar-refractivity contribution in [3.63, 3.8) is 0 Å². The third kappa shape index (κ3) is 5.98. The Morgan fingerprint density at radius 3 is 1.47 bits per heavy atom. The van der Waals surface area contributed by atoms with E-state index in [4.69, 9.17) is 32.8 Å². The molecule has 0 saturated heterocycles. The summed E-state index contributed by atoms with van der Waals surface area (Å²) >= 11 is 0. The number of aromatic nitrogens is 5. The van der Waals surface area contributed by atoms with Gasteiger partial charge >= 0.3 is 0 Å². The number of rotatable bonds is 7. The molecule has 0 aliphatic carbocycles. The van der Waals surface area contributed by atoms with Crippen LogP contribution in [0.15, 0.2) is 224 Å². The first-order chi connectivity index (χ1) is 39.1. The smallest absolute Gasteiger partial charge is 0.240 e. The van der Waals surface area contributed by atoms with Gasteiger partial charge in [-0.25, -0.2) is 0 Å². The molecule has 5 nitrogen and oxygen atoms in total. The number of hydrogen-bond donors (Lipinski definition) is 0. The Bertz CT molecular complexity index is 4700. The monoisotopic (exact) mass is 811 g/mol. The summed E-state index contributed by atoms with van der Waals surface area (Å²) < 4.78 is 182. The predicted molar refractivity (Wildman–Crippen MR) is 256 cm³/mol. The van der Waals surface area contributed by atoms with Crippen LogP contribution in [0.5, 0.6) is 0 Å². The molecule has 9 aromatic carbocycles. The molecule has 0 radical (unpaired) electrons. The Morgan fingerprint density at radius 2 is 0.823 bits per heavy atom. The highest BCUT2D eigenvalue weighted by molar-refractivity contribution is 6.11. The summed E-state index contributed by atoms with van der Waals surface area (Å²) in [7, 11) is 0. The Labute approximate surface area is 386 Å². The second-order valence-corrected chi connectivity index (χ2v) is 14.1. The van der Waals surface area contributed by atoms with Gasteiger partial charge in [0.05, 0.1) is 49.5 Å². The van der Waals surface area contributed by atoms with Crippen molar-refractivity contribution in [1.82, 2.24) is 24.1 Å². The van der Waals surface area contributed by atoms with Crippen molar-refractivity contribution in [3.8, 4) is 67.8 Å². The van der Waals surface area contributed by atoms with Gasteiger partial charge < -0.3 is 0 Å². The second kappa shape index (κ2) is 14.7. The summed E-state index contributed by atoms with van der Waals surface area (Å²) in [5.41, 5.74) is 2.78. The van der Waals surface area contributed by atoms with Crippen LogP contribution in [0.25, 0.3) is 111 Å². The van der Waals surface area contributed by atoms with Gasteiger partial charge in [0.25, 0.3) is 0 Å². The van der Waals surface area contributed by atoms with Crippen LogP contribution in [0.1, 0.15) is 27.4 Å². The molecule has 3 heterocycles. The maximum atomic E-state index is 9.90. The molecule has 290 valence electrons. The zero-order valence-electron chi connectivity index (χ0n) is 52.1. The van der Waals surface area contributed by atoms with Gasteiger partial charge in [0.1, 0.15) is 0 Å². The molecule has 62 heavy (non-hydrogen) atoms. The fraction of sp³-hybridized carbons (Fsp3) is 0. The largest absolute Gasteiger partial charge is 0.278 e. The van der Waals surface area contributed by atoms with E-state index >= 15 is 0 Å². The van der Waals surface area contributed by atoms with E-state index in [1.54, 1.807) is 24.3 Å². The third-order valence-corrected chi connectivity index (χ3v) is 10.6. The Hall–Kier alpha value is -8.41. The minimum absolute atomic E-state index is 0.231. The average Bonchev–Trinajstić information content (AvgIpc) is 2.47. The summed E-state index contributed by atoms with van der Waals surface area (Å²) in [6.45, 7) is 0. The van der Waals surface area contributed by atoms with E-state index in [1.807, 2.05) is 78.9 Å². The number of fused-ring (bicyclic) bond motifs is 6. The molecule has 0 aliphatic heterocycles. The molecule has 0 N–H and O–H groups in total. The van der Waals surface area contributed by atoms with Gasteiger partial charge in [0, 0.05) is 27.1 Å². The van der Waals surface area contributed by atoms with E-state index < -0.39 is 160 Å². The van der Waals surface area contributed by atoms with Gasteiger partial charge in [0.2, 0.25) is 11.9 Å². The van der Waals surface area contributed by atoms with Gasteiger partial charge in [-0.15, -0.1) is 0 Å². The number of benzene rings is 9. The van der Waals surface area contributed by atoms with Gasteiger partial charge in [-0.1, -0.05) is 194 Å². The highest BCUT2D eigenvalue weighted by Crippen LogP contribution is 2.38. The summed E-state index contributed by atoms with van der Waals surface area (Å²) in [5, 5.41) is -1.44. The van der Waals surface area contributed by atoms with Crippen LogP contribution >= 0.6 is 0 Å². The molecule has 3 aromatic heterocycles. The molecule has 5 heteroatoms. The average molecular weight is 812 g/mol. The summed E-state index contributed by atoms with van der Waals surface area (Å²) in [6, 6.07) is 17.6. The first-order valence-corrected chi connectivity index (χ1v) is 19.3. The van der Waals surface area contributed by atoms with Crippen molar-refractivity contribution >= 4 is 43.6 Å². The zero-order valence-corrected chi connectivity index (χ0v) is 32.1. The fourth-order valence-electron chi connectivity index (χ4n) is 7.80. The minimum atomic E-state index is -0.823. The highest BCUT2D eigenvalue weighted by Gasteiger charge is 2.21. The van der Waals surface area contributed by atoms with Crippen LogP contribution in [-0.2, 0) is 0 Å². The SMILES string of the molecule is [2H]c1c([2H])c([2H])c(-c2c([2H])c([2H])c3c4c([2H])c([2H])c([2H])c([2H])c4n(-c4nc(-c5ccc(-c6cccc(-c7ccccc7-c7ccccc7)c6)cc5)nc(-n5c6c([2H])c([2H])c([2H])c([2H])c6c6c([2H])c([2H])c([2H])c([2H])c65)n4)c3c2[2H])c([2H])c1[2H]. The lowest BCUT2D eigenvalue weighted by Gasteiger charge is -2.13. The van der Waals surface area contributed by atoms with Crippen molar-refractivity contribution in [2.45, 2.75) is 0 Å². The minimum Gasteiger partial charge on any atom is -0.278 e. The lowest BCUT2D eigenvalue weighted by atomic mass is 9.92. The van der Waals surface area contributed by atoms with Gasteiger partial charge in [-0.3, -0.25) is 9.13 Å². The molecular formula is C57H37N5. The predicted octanol–water partition coefficient (Wildman–Crippen LogP) is 14.4. The quantitative estimate of drug-likeness (QED) is 0.161. The Kier molecular flexibility index (Phi) is 4.91. The summed E-state index contributed by atoms with van der Waals surface area (Å²) in [5.74, 6) is -1.38. The van der Waals surface area contributed by atoms with Gasteiger partial charge in [0.15, 0.2) is 5.82 Å². The normalized spacial score (nSPS) is 16.1. The topological polar surface area (TPSA) is 48.5 Å². The molecule has 12 aromatic rings. The molecule has 0 fully saturated rings. The summed E-state index contributed by atoms with van der Waals surface area (Å²) in [4.78, 5) is 14.5. The van der Waals surface area contributed by atoms with Gasteiger partial charge in [-0.2, -0.15) is 15.0 Å². The lowest BCUT2D eigenvalue weighted by Crippen LogP contribution is -2.10. The van der Waals surface area contributed by atoms with E-state index in [1.165, 1.54) is 0 Å². The molecule has 0 atom stereocenters. The van der Waals surface area contributed by atoms with E-state index in [-0.39, 0.29) is 38.6 Å². The molecule has 12 rings (SSSR count). The fourth-order valence-corrected chi connectivity index (χ4v) is 7.80. The Balaban J connectivity index is 1.19. The first kappa shape index (κ1) is 20.7. The standard InChI is InChI=1S/C57H37N5/c1-3-16-38(17-4-1)43-34-35-50-49-26-11-14-29-53(49)62(54(50)37-43)57-59-55(58-56(60-57)61-51-27-12-9-24-47(51)48-25-10-13-28-52(48)61)41-32-30-39(31-33-41)42-20-15-21-44(36-42)46-23-8-7-22-45(46)40-18-5-2-6-19-40/h1-37H/i1D,3D,4D,9D,10D,11D,12D,13D,14D,16D,17D,24D,25D,26D,27D,28D,29D,34D,35D,37D. The molecule has 0 bridgehead atoms. The summed E-state index contributed by atoms with van der Waals surface area (Å²) in [6.07, 6.45) is 0. The van der Waals surface area contributed by atoms with E-state index in [0.717, 1.165) is 42.5 Å². The van der Waals surface area contributed by atoms with Crippen molar-refractivity contribution in [3.05, 3.63) is 224 Å². The Morgan fingerprint density at radius 1 is 0.323 bits per heavy atom. The molecular weight excluding hydrogens is 755 g/mol. The zero-order chi connectivity index (χ0) is 58.4. The number of hydrogen-bond acceptors (Lipinski definition) is 3. The van der Waals surface area contributed by atoms with Crippen molar-refractivity contribution in [2.75, 3.05) is 0 Å². The molecule has 0 spiro atoms. The van der Waals surface area contributed by atoms with Crippen LogP contribution in [-0.4, -0.2) is 24.1 Å². The molecule has 0 unspecified atom stereocenters. The van der Waals surface area contributed by atoms with E-state index in [2.05, 4.69) is 0 Å². The number of nitrogens with zero attached hydrogens (tertiary/aromatic N) is 5. The second-order valence-electron chi connectivity index (χ2n) is 14.1. The molecule has 0 saturated carbocycles. The first-order valence-electron chi connectivity index (χ1n) is 29.3. The van der Waals surface area contributed by atoms with Gasteiger partial charge in [-0.05, 0) is 74.7 Å². The van der Waals surface area contributed by atoms with Crippen molar-refractivity contribution in [2.24, 2.45) is 0 Å². The maximum absolute atomic E-state index is 9.90. The van der Waals surface area contributed by atoms with Crippen molar-refractivity contribution in [1.29, 1.82) is 0 Å². The maximum Gasteiger partial charge on any atom is 0.240 e. The highest BCUT2D eigenvalue weighted by atomic mass is 15.3. The molecule has 0 amide bonds. The number of para-hydroxylation sites is 3. The van der Waals surface area contributed by atoms with Crippen LogP contribution in [0, 0.1) is 0 Å².